The Kier molecular flexibility index (Phi) is 7.05. The van der Waals surface area contributed by atoms with Gasteiger partial charge in [0.05, 0.1) is 16.3 Å². The molecule has 0 aliphatic carbocycles. The van der Waals surface area contributed by atoms with Crippen molar-refractivity contribution < 1.29 is 14.2 Å². The first kappa shape index (κ1) is 22.9. The van der Waals surface area contributed by atoms with Crippen molar-refractivity contribution in [1.82, 2.24) is 4.98 Å². The number of ether oxygens (including phenoxy) is 1. The Bertz CT molecular complexity index is 1090. The summed E-state index contributed by atoms with van der Waals surface area (Å²) in [4.78, 5) is 4.28. The molecule has 0 amide bonds. The SMILES string of the molecule is C=C(O/C(Sc1ccc(Cl)cn1)=C(\N)c1ccc(C(C)(C)O)cc1)c1ccc(F)cc1. The van der Waals surface area contributed by atoms with Gasteiger partial charge in [-0.25, -0.2) is 9.37 Å². The van der Waals surface area contributed by atoms with Crippen LogP contribution in [0.1, 0.15) is 30.5 Å². The number of nitrogens with zero attached hydrogens (tertiary/aromatic N) is 1. The van der Waals surface area contributed by atoms with E-state index in [0.29, 0.717) is 37.7 Å². The van der Waals surface area contributed by atoms with Gasteiger partial charge in [-0.05, 0) is 67.6 Å². The summed E-state index contributed by atoms with van der Waals surface area (Å²) in [6.45, 7) is 7.38. The quantitative estimate of drug-likeness (QED) is 0.329. The molecule has 3 aromatic rings. The number of halogens is 2. The fraction of sp³-hybridized carbons (Fsp3) is 0.125. The molecule has 0 bridgehead atoms. The largest absolute Gasteiger partial charge is 0.448 e. The molecule has 0 unspecified atom stereocenters. The summed E-state index contributed by atoms with van der Waals surface area (Å²) < 4.78 is 19.3. The van der Waals surface area contributed by atoms with Crippen LogP contribution in [0.4, 0.5) is 4.39 Å². The monoisotopic (exact) mass is 456 g/mol. The smallest absolute Gasteiger partial charge is 0.190 e. The van der Waals surface area contributed by atoms with Gasteiger partial charge in [-0.1, -0.05) is 42.4 Å². The van der Waals surface area contributed by atoms with Crippen molar-refractivity contribution in [1.29, 1.82) is 0 Å². The van der Waals surface area contributed by atoms with Gasteiger partial charge in [-0.2, -0.15) is 0 Å². The molecule has 1 aromatic heterocycles. The van der Waals surface area contributed by atoms with Crippen LogP contribution < -0.4 is 5.73 Å². The first-order valence-corrected chi connectivity index (χ1v) is 10.6. The minimum atomic E-state index is -0.963. The van der Waals surface area contributed by atoms with Gasteiger partial charge in [-0.15, -0.1) is 0 Å². The summed E-state index contributed by atoms with van der Waals surface area (Å²) in [6.07, 6.45) is 1.53. The number of aromatic nitrogens is 1. The molecule has 31 heavy (non-hydrogen) atoms. The van der Waals surface area contributed by atoms with E-state index < -0.39 is 5.60 Å². The minimum absolute atomic E-state index is 0.313. The zero-order chi connectivity index (χ0) is 22.6. The van der Waals surface area contributed by atoms with Gasteiger partial charge < -0.3 is 15.6 Å². The molecule has 4 nitrogen and oxygen atoms in total. The van der Waals surface area contributed by atoms with Crippen molar-refractivity contribution in [2.24, 2.45) is 5.73 Å². The van der Waals surface area contributed by atoms with E-state index in [-0.39, 0.29) is 5.82 Å². The highest BCUT2D eigenvalue weighted by molar-refractivity contribution is 8.03. The molecule has 3 N–H and O–H groups in total. The first-order valence-electron chi connectivity index (χ1n) is 9.38. The van der Waals surface area contributed by atoms with Crippen LogP contribution in [0.25, 0.3) is 11.5 Å². The second-order valence-electron chi connectivity index (χ2n) is 7.29. The van der Waals surface area contributed by atoms with Gasteiger partial charge in [0.15, 0.2) is 5.09 Å². The summed E-state index contributed by atoms with van der Waals surface area (Å²) in [5.74, 6) is -0.0361. The van der Waals surface area contributed by atoms with Crippen LogP contribution >= 0.6 is 23.4 Å². The second kappa shape index (κ2) is 9.56. The van der Waals surface area contributed by atoms with Gasteiger partial charge in [0, 0.05) is 17.3 Å². The lowest BCUT2D eigenvalue weighted by Gasteiger charge is -2.19. The highest BCUT2D eigenvalue weighted by Gasteiger charge is 2.18. The predicted octanol–water partition coefficient (Wildman–Crippen LogP) is 6.17. The van der Waals surface area contributed by atoms with Crippen LogP contribution in [0.2, 0.25) is 5.02 Å². The van der Waals surface area contributed by atoms with Crippen molar-refractivity contribution in [2.45, 2.75) is 24.5 Å². The van der Waals surface area contributed by atoms with Crippen molar-refractivity contribution in [3.63, 3.8) is 0 Å². The number of rotatable bonds is 7. The third-order valence-corrected chi connectivity index (χ3v) is 5.56. The maximum Gasteiger partial charge on any atom is 0.190 e. The van der Waals surface area contributed by atoms with Crippen molar-refractivity contribution >= 4 is 34.8 Å². The summed E-state index contributed by atoms with van der Waals surface area (Å²) in [6, 6.07) is 16.5. The Hall–Kier alpha value is -2.80. The van der Waals surface area contributed by atoms with Crippen LogP contribution in [0, 0.1) is 5.82 Å². The number of hydrogen-bond acceptors (Lipinski definition) is 5. The normalized spacial score (nSPS) is 12.3. The highest BCUT2D eigenvalue weighted by atomic mass is 35.5. The number of nitrogens with two attached hydrogens (primary N) is 1. The molecule has 0 spiro atoms. The maximum absolute atomic E-state index is 13.3. The van der Waals surface area contributed by atoms with E-state index in [4.69, 9.17) is 22.1 Å². The molecule has 0 radical (unpaired) electrons. The zero-order valence-electron chi connectivity index (χ0n) is 17.1. The van der Waals surface area contributed by atoms with Crippen LogP contribution in [0.15, 0.2) is 83.6 Å². The van der Waals surface area contributed by atoms with Crippen LogP contribution in [-0.2, 0) is 10.3 Å². The fourth-order valence-corrected chi connectivity index (χ4v) is 3.54. The molecule has 7 heteroatoms. The molecule has 0 aliphatic heterocycles. The van der Waals surface area contributed by atoms with E-state index in [2.05, 4.69) is 11.6 Å². The topological polar surface area (TPSA) is 68.4 Å². The second-order valence-corrected chi connectivity index (χ2v) is 8.72. The first-order chi connectivity index (χ1) is 14.6. The van der Waals surface area contributed by atoms with Crippen molar-refractivity contribution in [3.8, 4) is 0 Å². The number of aliphatic hydroxyl groups is 1. The molecule has 0 saturated carbocycles. The molecular weight excluding hydrogens is 435 g/mol. The molecule has 0 atom stereocenters. The van der Waals surface area contributed by atoms with Crippen molar-refractivity contribution in [2.75, 3.05) is 0 Å². The van der Waals surface area contributed by atoms with Crippen LogP contribution in [0.3, 0.4) is 0 Å². The van der Waals surface area contributed by atoms with E-state index in [1.807, 2.05) is 12.1 Å². The van der Waals surface area contributed by atoms with Crippen LogP contribution in [-0.4, -0.2) is 10.1 Å². The third kappa shape index (κ3) is 6.10. The number of hydrogen-bond donors (Lipinski definition) is 2. The number of benzene rings is 2. The molecule has 160 valence electrons. The number of thioether (sulfide) groups is 1. The van der Waals surface area contributed by atoms with Gasteiger partial charge in [-0.3, -0.25) is 0 Å². The third-order valence-electron chi connectivity index (χ3n) is 4.40. The minimum Gasteiger partial charge on any atom is -0.448 e. The molecule has 0 saturated heterocycles. The Balaban J connectivity index is 1.95. The molecule has 0 aliphatic rings. The van der Waals surface area contributed by atoms with Gasteiger partial charge >= 0.3 is 0 Å². The lowest BCUT2D eigenvalue weighted by atomic mass is 9.97. The Morgan fingerprint density at radius 3 is 2.23 bits per heavy atom. The van der Waals surface area contributed by atoms with E-state index in [0.717, 1.165) is 5.56 Å². The number of pyridine rings is 1. The maximum atomic E-state index is 13.3. The molecule has 3 rings (SSSR count). The standard InChI is InChI=1S/C24H22ClFN2O2S/c1-15(16-6-11-20(26)12-7-16)30-23(31-21-13-10-19(25)14-28-21)22(27)17-4-8-18(9-5-17)24(2,3)29/h4-14,29H,1,27H2,2-3H3/b23-22+. The molecule has 0 fully saturated rings. The summed E-state index contributed by atoms with van der Waals surface area (Å²) in [7, 11) is 0. The van der Waals surface area contributed by atoms with E-state index in [1.54, 1.807) is 50.2 Å². The van der Waals surface area contributed by atoms with E-state index in [1.165, 1.54) is 30.1 Å². The summed E-state index contributed by atoms with van der Waals surface area (Å²) in [5, 5.41) is 11.7. The van der Waals surface area contributed by atoms with E-state index >= 15 is 0 Å². The Morgan fingerprint density at radius 1 is 1.06 bits per heavy atom. The summed E-state index contributed by atoms with van der Waals surface area (Å²) >= 11 is 7.15. The Morgan fingerprint density at radius 2 is 1.68 bits per heavy atom. The predicted molar refractivity (Wildman–Crippen MR) is 124 cm³/mol. The average molecular weight is 457 g/mol. The van der Waals surface area contributed by atoms with Gasteiger partial charge in [0.2, 0.25) is 0 Å². The molecule has 2 aromatic carbocycles. The van der Waals surface area contributed by atoms with Crippen molar-refractivity contribution in [3.05, 3.63) is 106 Å². The lowest BCUT2D eigenvalue weighted by molar-refractivity contribution is 0.0786. The van der Waals surface area contributed by atoms with Crippen LogP contribution in [0.5, 0.6) is 0 Å². The van der Waals surface area contributed by atoms with Gasteiger partial charge in [0.25, 0.3) is 0 Å². The molecule has 1 heterocycles. The van der Waals surface area contributed by atoms with E-state index in [9.17, 15) is 9.50 Å². The lowest BCUT2D eigenvalue weighted by Crippen LogP contribution is -2.15. The average Bonchev–Trinajstić information content (AvgIpc) is 2.74. The Labute approximate surface area is 190 Å². The summed E-state index contributed by atoms with van der Waals surface area (Å²) in [5.41, 5.74) is 7.93. The fourth-order valence-electron chi connectivity index (χ4n) is 2.63. The highest BCUT2D eigenvalue weighted by Crippen LogP contribution is 2.34. The molecular formula is C24H22ClFN2O2S. The zero-order valence-corrected chi connectivity index (χ0v) is 18.7. The van der Waals surface area contributed by atoms with Gasteiger partial charge in [0.1, 0.15) is 16.6 Å².